The Hall–Kier alpha value is -3.33. The number of primary amides is 1. The number of fused-ring (bicyclic) bond motifs is 2. The lowest BCUT2D eigenvalue weighted by Crippen LogP contribution is -2.13. The molecule has 25 heavy (non-hydrogen) atoms. The molecular weight excluding hydrogens is 310 g/mol. The molecule has 0 bridgehead atoms. The molecule has 0 radical (unpaired) electrons. The van der Waals surface area contributed by atoms with Crippen LogP contribution in [0, 0.1) is 0 Å². The highest BCUT2D eigenvalue weighted by molar-refractivity contribution is 6.15. The molecule has 0 atom stereocenters. The Balaban J connectivity index is 2.17. The van der Waals surface area contributed by atoms with Crippen LogP contribution in [0.5, 0.6) is 5.75 Å². The van der Waals surface area contributed by atoms with E-state index in [9.17, 15) is 4.79 Å². The van der Waals surface area contributed by atoms with Crippen LogP contribution >= 0.6 is 0 Å². The number of benzene rings is 4. The molecule has 0 fully saturated rings. The van der Waals surface area contributed by atoms with Crippen LogP contribution in [0.15, 0.2) is 72.8 Å². The summed E-state index contributed by atoms with van der Waals surface area (Å²) in [7, 11) is 1.64. The van der Waals surface area contributed by atoms with Gasteiger partial charge < -0.3 is 10.5 Å². The lowest BCUT2D eigenvalue weighted by Gasteiger charge is -2.16. The maximum absolute atomic E-state index is 12.3. The van der Waals surface area contributed by atoms with Crippen molar-refractivity contribution in [3.8, 4) is 16.9 Å². The molecule has 0 saturated carbocycles. The van der Waals surface area contributed by atoms with Crippen molar-refractivity contribution >= 4 is 27.5 Å². The van der Waals surface area contributed by atoms with Crippen LogP contribution in [0.4, 0.5) is 0 Å². The summed E-state index contributed by atoms with van der Waals surface area (Å²) in [5.41, 5.74) is 7.98. The Morgan fingerprint density at radius 1 is 0.800 bits per heavy atom. The molecule has 122 valence electrons. The topological polar surface area (TPSA) is 52.3 Å². The Morgan fingerprint density at radius 3 is 2.08 bits per heavy atom. The standard InChI is InChI=1S/C22H17NO2/c1-25-19-13-11-15-7-2-4-8-16(15)20(19)18-12-10-14-6-3-5-9-17(14)21(18)22(23)24/h2-13H,1H3,(H2,23,24). The summed E-state index contributed by atoms with van der Waals surface area (Å²) < 4.78 is 5.60. The van der Waals surface area contributed by atoms with E-state index in [0.717, 1.165) is 38.4 Å². The third kappa shape index (κ3) is 2.41. The second kappa shape index (κ2) is 5.95. The van der Waals surface area contributed by atoms with Crippen LogP contribution in [-0.2, 0) is 0 Å². The van der Waals surface area contributed by atoms with Gasteiger partial charge in [0.1, 0.15) is 5.75 Å². The van der Waals surface area contributed by atoms with E-state index in [1.807, 2.05) is 72.8 Å². The van der Waals surface area contributed by atoms with Crippen molar-refractivity contribution < 1.29 is 9.53 Å². The van der Waals surface area contributed by atoms with E-state index in [-0.39, 0.29) is 0 Å². The number of nitrogens with two attached hydrogens (primary N) is 1. The molecule has 4 rings (SSSR count). The van der Waals surface area contributed by atoms with Crippen molar-refractivity contribution in [1.29, 1.82) is 0 Å². The summed E-state index contributed by atoms with van der Waals surface area (Å²) >= 11 is 0. The molecule has 3 heteroatoms. The maximum Gasteiger partial charge on any atom is 0.249 e. The lowest BCUT2D eigenvalue weighted by atomic mass is 9.90. The van der Waals surface area contributed by atoms with Gasteiger partial charge in [0.15, 0.2) is 0 Å². The fourth-order valence-electron chi connectivity index (χ4n) is 3.44. The van der Waals surface area contributed by atoms with Gasteiger partial charge in [-0.05, 0) is 33.2 Å². The van der Waals surface area contributed by atoms with Crippen LogP contribution in [0.2, 0.25) is 0 Å². The quantitative estimate of drug-likeness (QED) is 0.589. The van der Waals surface area contributed by atoms with E-state index >= 15 is 0 Å². The summed E-state index contributed by atoms with van der Waals surface area (Å²) in [5, 5.41) is 3.95. The zero-order valence-electron chi connectivity index (χ0n) is 13.8. The number of hydrogen-bond donors (Lipinski definition) is 1. The van der Waals surface area contributed by atoms with Gasteiger partial charge >= 0.3 is 0 Å². The minimum Gasteiger partial charge on any atom is -0.496 e. The number of rotatable bonds is 3. The summed E-state index contributed by atoms with van der Waals surface area (Å²) in [6.45, 7) is 0. The molecule has 0 aliphatic rings. The van der Waals surface area contributed by atoms with Gasteiger partial charge in [0.2, 0.25) is 5.91 Å². The Morgan fingerprint density at radius 2 is 1.40 bits per heavy atom. The fourth-order valence-corrected chi connectivity index (χ4v) is 3.44. The first kappa shape index (κ1) is 15.2. The predicted molar refractivity (Wildman–Crippen MR) is 102 cm³/mol. The normalized spacial score (nSPS) is 10.9. The third-order valence-corrected chi connectivity index (χ3v) is 4.56. The van der Waals surface area contributed by atoms with E-state index in [1.54, 1.807) is 7.11 Å². The zero-order valence-corrected chi connectivity index (χ0v) is 13.8. The largest absolute Gasteiger partial charge is 0.496 e. The number of carbonyl (C=O) groups excluding carboxylic acids is 1. The van der Waals surface area contributed by atoms with Crippen molar-refractivity contribution in [3.63, 3.8) is 0 Å². The summed E-state index contributed by atoms with van der Waals surface area (Å²) in [4.78, 5) is 12.3. The van der Waals surface area contributed by atoms with E-state index in [4.69, 9.17) is 10.5 Å². The second-order valence-corrected chi connectivity index (χ2v) is 5.94. The highest BCUT2D eigenvalue weighted by Gasteiger charge is 2.19. The minimum atomic E-state index is -0.443. The highest BCUT2D eigenvalue weighted by Crippen LogP contribution is 2.40. The molecule has 1 amide bonds. The van der Waals surface area contributed by atoms with Gasteiger partial charge in [-0.1, -0.05) is 66.7 Å². The highest BCUT2D eigenvalue weighted by atomic mass is 16.5. The fraction of sp³-hybridized carbons (Fsp3) is 0.0455. The molecular formula is C22H17NO2. The molecule has 0 heterocycles. The molecule has 0 saturated heterocycles. The second-order valence-electron chi connectivity index (χ2n) is 5.94. The third-order valence-electron chi connectivity index (χ3n) is 4.56. The summed E-state index contributed by atoms with van der Waals surface area (Å²) in [5.74, 6) is 0.276. The zero-order chi connectivity index (χ0) is 17.4. The molecule has 4 aromatic carbocycles. The summed E-state index contributed by atoms with van der Waals surface area (Å²) in [6.07, 6.45) is 0. The first-order valence-electron chi connectivity index (χ1n) is 8.08. The summed E-state index contributed by atoms with van der Waals surface area (Å²) in [6, 6.07) is 23.7. The van der Waals surface area contributed by atoms with Gasteiger partial charge in [-0.3, -0.25) is 4.79 Å². The Kier molecular flexibility index (Phi) is 3.62. The van der Waals surface area contributed by atoms with Gasteiger partial charge in [-0.25, -0.2) is 0 Å². The first-order chi connectivity index (χ1) is 12.2. The van der Waals surface area contributed by atoms with Crippen molar-refractivity contribution in [2.45, 2.75) is 0 Å². The predicted octanol–water partition coefficient (Wildman–Crippen LogP) is 4.77. The van der Waals surface area contributed by atoms with Crippen molar-refractivity contribution in [2.75, 3.05) is 7.11 Å². The van der Waals surface area contributed by atoms with E-state index in [0.29, 0.717) is 5.56 Å². The van der Waals surface area contributed by atoms with E-state index in [1.165, 1.54) is 0 Å². The maximum atomic E-state index is 12.3. The monoisotopic (exact) mass is 327 g/mol. The van der Waals surface area contributed by atoms with Gasteiger partial charge in [0, 0.05) is 5.56 Å². The van der Waals surface area contributed by atoms with E-state index < -0.39 is 5.91 Å². The molecule has 0 spiro atoms. The van der Waals surface area contributed by atoms with Crippen LogP contribution in [0.1, 0.15) is 10.4 Å². The van der Waals surface area contributed by atoms with E-state index in [2.05, 4.69) is 0 Å². The van der Waals surface area contributed by atoms with Crippen LogP contribution < -0.4 is 10.5 Å². The van der Waals surface area contributed by atoms with Gasteiger partial charge in [0.05, 0.1) is 12.7 Å². The van der Waals surface area contributed by atoms with Crippen molar-refractivity contribution in [1.82, 2.24) is 0 Å². The molecule has 3 nitrogen and oxygen atoms in total. The number of methoxy groups -OCH3 is 1. The minimum absolute atomic E-state index is 0.443. The lowest BCUT2D eigenvalue weighted by molar-refractivity contribution is 0.100. The average molecular weight is 327 g/mol. The van der Waals surface area contributed by atoms with Gasteiger partial charge in [-0.2, -0.15) is 0 Å². The number of carbonyl (C=O) groups is 1. The SMILES string of the molecule is COc1ccc2ccccc2c1-c1ccc2ccccc2c1C(N)=O. The number of ether oxygens (including phenoxy) is 1. The van der Waals surface area contributed by atoms with Gasteiger partial charge in [0.25, 0.3) is 0 Å². The van der Waals surface area contributed by atoms with Gasteiger partial charge in [-0.15, -0.1) is 0 Å². The van der Waals surface area contributed by atoms with Crippen LogP contribution in [0.25, 0.3) is 32.7 Å². The number of amides is 1. The smallest absolute Gasteiger partial charge is 0.249 e. The first-order valence-corrected chi connectivity index (χ1v) is 8.08. The average Bonchev–Trinajstić information content (AvgIpc) is 2.66. The Bertz CT molecular complexity index is 1120. The Labute approximate surface area is 145 Å². The van der Waals surface area contributed by atoms with Crippen LogP contribution in [0.3, 0.4) is 0 Å². The molecule has 4 aromatic rings. The molecule has 2 N–H and O–H groups in total. The van der Waals surface area contributed by atoms with Crippen molar-refractivity contribution in [3.05, 3.63) is 78.4 Å². The van der Waals surface area contributed by atoms with Crippen LogP contribution in [-0.4, -0.2) is 13.0 Å². The number of hydrogen-bond acceptors (Lipinski definition) is 2. The molecule has 0 aliphatic carbocycles. The molecule has 0 aromatic heterocycles. The molecule has 0 aliphatic heterocycles. The van der Waals surface area contributed by atoms with Crippen molar-refractivity contribution in [2.24, 2.45) is 5.73 Å². The molecule has 0 unspecified atom stereocenters.